The van der Waals surface area contributed by atoms with E-state index in [1.165, 1.54) is 4.90 Å². The number of hydrogen-bond donors (Lipinski definition) is 2. The minimum absolute atomic E-state index is 0.0683. The Morgan fingerprint density at radius 2 is 2.16 bits per heavy atom. The molecule has 0 radical (unpaired) electrons. The second-order valence-electron chi connectivity index (χ2n) is 4.40. The molecular formula is C13H20N2O4. The van der Waals surface area contributed by atoms with E-state index in [1.807, 2.05) is 19.9 Å². The molecule has 1 heterocycles. The van der Waals surface area contributed by atoms with Gasteiger partial charge in [0.15, 0.2) is 0 Å². The predicted molar refractivity (Wildman–Crippen MR) is 69.8 cm³/mol. The molecule has 0 saturated heterocycles. The standard InChI is InChI=1S/C13H20N2O4/c1-4-15(9(2)7-12(16)17)13(18)14-8-11-6-5-10(3)19-11/h5-6,9H,4,7-8H2,1-3H3,(H,14,18)(H,16,17). The first-order chi connectivity index (χ1) is 8.93. The Labute approximate surface area is 112 Å². The van der Waals surface area contributed by atoms with Crippen LogP contribution < -0.4 is 5.32 Å². The molecule has 1 rings (SSSR count). The molecule has 2 N–H and O–H groups in total. The summed E-state index contributed by atoms with van der Waals surface area (Å²) < 4.78 is 5.34. The second-order valence-corrected chi connectivity index (χ2v) is 4.40. The number of amides is 2. The molecule has 0 aliphatic carbocycles. The number of aliphatic carboxylic acids is 1. The fourth-order valence-corrected chi connectivity index (χ4v) is 1.86. The summed E-state index contributed by atoms with van der Waals surface area (Å²) in [6.07, 6.45) is -0.0683. The Kier molecular flexibility index (Phi) is 5.41. The Morgan fingerprint density at radius 3 is 2.63 bits per heavy atom. The summed E-state index contributed by atoms with van der Waals surface area (Å²) in [5.41, 5.74) is 0. The van der Waals surface area contributed by atoms with Crippen molar-refractivity contribution in [2.45, 2.75) is 39.8 Å². The van der Waals surface area contributed by atoms with Crippen molar-refractivity contribution in [2.24, 2.45) is 0 Å². The molecule has 0 aromatic carbocycles. The highest BCUT2D eigenvalue weighted by Gasteiger charge is 2.20. The van der Waals surface area contributed by atoms with Crippen LogP contribution >= 0.6 is 0 Å². The molecule has 1 atom stereocenters. The van der Waals surface area contributed by atoms with Crippen molar-refractivity contribution in [1.82, 2.24) is 10.2 Å². The lowest BCUT2D eigenvalue weighted by Gasteiger charge is -2.27. The van der Waals surface area contributed by atoms with Crippen molar-refractivity contribution in [3.63, 3.8) is 0 Å². The quantitative estimate of drug-likeness (QED) is 0.826. The maximum Gasteiger partial charge on any atom is 0.318 e. The fraction of sp³-hybridized carbons (Fsp3) is 0.538. The third-order valence-corrected chi connectivity index (χ3v) is 2.81. The summed E-state index contributed by atoms with van der Waals surface area (Å²) in [5, 5.41) is 11.5. The molecule has 19 heavy (non-hydrogen) atoms. The van der Waals surface area contributed by atoms with E-state index in [2.05, 4.69) is 5.32 Å². The van der Waals surface area contributed by atoms with Crippen LogP contribution in [0.2, 0.25) is 0 Å². The zero-order valence-electron chi connectivity index (χ0n) is 11.5. The van der Waals surface area contributed by atoms with Gasteiger partial charge >= 0.3 is 12.0 Å². The highest BCUT2D eigenvalue weighted by Crippen LogP contribution is 2.07. The van der Waals surface area contributed by atoms with E-state index in [4.69, 9.17) is 9.52 Å². The van der Waals surface area contributed by atoms with Crippen LogP contribution in [-0.2, 0) is 11.3 Å². The number of carboxylic acids is 1. The lowest BCUT2D eigenvalue weighted by molar-refractivity contribution is -0.138. The molecule has 6 heteroatoms. The van der Waals surface area contributed by atoms with Gasteiger partial charge < -0.3 is 19.7 Å². The third kappa shape index (κ3) is 4.65. The van der Waals surface area contributed by atoms with Crippen molar-refractivity contribution < 1.29 is 19.1 Å². The summed E-state index contributed by atoms with van der Waals surface area (Å²) in [7, 11) is 0. The molecule has 0 saturated carbocycles. The smallest absolute Gasteiger partial charge is 0.318 e. The van der Waals surface area contributed by atoms with Gasteiger partial charge in [-0.1, -0.05) is 0 Å². The maximum absolute atomic E-state index is 12.0. The molecule has 0 fully saturated rings. The first-order valence-electron chi connectivity index (χ1n) is 6.25. The first kappa shape index (κ1) is 15.1. The largest absolute Gasteiger partial charge is 0.481 e. The molecule has 1 aromatic rings. The summed E-state index contributed by atoms with van der Waals surface area (Å²) in [4.78, 5) is 24.1. The monoisotopic (exact) mass is 268 g/mol. The van der Waals surface area contributed by atoms with Crippen LogP contribution in [0, 0.1) is 6.92 Å². The van der Waals surface area contributed by atoms with Crippen LogP contribution in [0.3, 0.4) is 0 Å². The van der Waals surface area contributed by atoms with Gasteiger partial charge in [0.25, 0.3) is 0 Å². The summed E-state index contributed by atoms with van der Waals surface area (Å²) in [6, 6.07) is 2.99. The van der Waals surface area contributed by atoms with E-state index in [1.54, 1.807) is 13.0 Å². The number of carbonyl (C=O) groups is 2. The lowest BCUT2D eigenvalue weighted by atomic mass is 10.2. The van der Waals surface area contributed by atoms with Crippen molar-refractivity contribution in [2.75, 3.05) is 6.54 Å². The lowest BCUT2D eigenvalue weighted by Crippen LogP contribution is -2.45. The SMILES string of the molecule is CCN(C(=O)NCc1ccc(C)o1)C(C)CC(=O)O. The topological polar surface area (TPSA) is 82.8 Å². The number of aryl methyl sites for hydroxylation is 1. The number of urea groups is 1. The highest BCUT2D eigenvalue weighted by atomic mass is 16.4. The predicted octanol–water partition coefficient (Wildman–Crippen LogP) is 1.98. The van der Waals surface area contributed by atoms with E-state index in [-0.39, 0.29) is 18.5 Å². The van der Waals surface area contributed by atoms with Crippen molar-refractivity contribution in [1.29, 1.82) is 0 Å². The van der Waals surface area contributed by atoms with Gasteiger partial charge in [-0.15, -0.1) is 0 Å². The zero-order valence-corrected chi connectivity index (χ0v) is 11.5. The molecule has 2 amide bonds. The normalized spacial score (nSPS) is 11.9. The van der Waals surface area contributed by atoms with E-state index >= 15 is 0 Å². The minimum Gasteiger partial charge on any atom is -0.481 e. The molecule has 6 nitrogen and oxygen atoms in total. The van der Waals surface area contributed by atoms with Crippen molar-refractivity contribution in [3.8, 4) is 0 Å². The van der Waals surface area contributed by atoms with Crippen molar-refractivity contribution >= 4 is 12.0 Å². The molecular weight excluding hydrogens is 248 g/mol. The Bertz CT molecular complexity index is 442. The van der Waals surface area contributed by atoms with Gasteiger partial charge in [-0.25, -0.2) is 4.79 Å². The van der Waals surface area contributed by atoms with Gasteiger partial charge in [0.2, 0.25) is 0 Å². The van der Waals surface area contributed by atoms with Crippen LogP contribution in [0.15, 0.2) is 16.5 Å². The number of nitrogens with one attached hydrogen (secondary N) is 1. The molecule has 1 aromatic heterocycles. The Morgan fingerprint density at radius 1 is 1.47 bits per heavy atom. The van der Waals surface area contributed by atoms with Gasteiger partial charge in [0.1, 0.15) is 11.5 Å². The number of carbonyl (C=O) groups excluding carboxylic acids is 1. The Hall–Kier alpha value is -1.98. The first-order valence-corrected chi connectivity index (χ1v) is 6.25. The number of rotatable bonds is 6. The van der Waals surface area contributed by atoms with Crippen molar-refractivity contribution in [3.05, 3.63) is 23.7 Å². The van der Waals surface area contributed by atoms with Gasteiger partial charge in [-0.3, -0.25) is 4.79 Å². The molecule has 1 unspecified atom stereocenters. The number of nitrogens with zero attached hydrogens (tertiary/aromatic N) is 1. The van der Waals surface area contributed by atoms with Crippen LogP contribution in [0.5, 0.6) is 0 Å². The van der Waals surface area contributed by atoms with E-state index < -0.39 is 5.97 Å². The van der Waals surface area contributed by atoms with Gasteiger partial charge in [0, 0.05) is 12.6 Å². The maximum atomic E-state index is 12.0. The molecule has 106 valence electrons. The van der Waals surface area contributed by atoms with E-state index in [0.29, 0.717) is 18.8 Å². The Balaban J connectivity index is 2.51. The van der Waals surface area contributed by atoms with E-state index in [9.17, 15) is 9.59 Å². The molecule has 0 aliphatic rings. The molecule has 0 bridgehead atoms. The number of carboxylic acid groups (broad SMARTS) is 1. The summed E-state index contributed by atoms with van der Waals surface area (Å²) >= 11 is 0. The zero-order chi connectivity index (χ0) is 14.4. The van der Waals surface area contributed by atoms with Crippen LogP contribution in [0.25, 0.3) is 0 Å². The van der Waals surface area contributed by atoms with E-state index in [0.717, 1.165) is 5.76 Å². The van der Waals surface area contributed by atoms with Gasteiger partial charge in [-0.2, -0.15) is 0 Å². The van der Waals surface area contributed by atoms with Crippen LogP contribution in [0.4, 0.5) is 4.79 Å². The minimum atomic E-state index is -0.916. The second kappa shape index (κ2) is 6.82. The molecule has 0 aliphatic heterocycles. The summed E-state index contributed by atoms with van der Waals surface area (Å²) in [5.74, 6) is 0.545. The van der Waals surface area contributed by atoms with Crippen LogP contribution in [-0.4, -0.2) is 34.6 Å². The average Bonchev–Trinajstić information content (AvgIpc) is 2.72. The van der Waals surface area contributed by atoms with Gasteiger partial charge in [0.05, 0.1) is 13.0 Å². The van der Waals surface area contributed by atoms with Gasteiger partial charge in [-0.05, 0) is 32.9 Å². The van der Waals surface area contributed by atoms with Crippen LogP contribution in [0.1, 0.15) is 31.8 Å². The average molecular weight is 268 g/mol. The number of hydrogen-bond acceptors (Lipinski definition) is 3. The highest BCUT2D eigenvalue weighted by molar-refractivity contribution is 5.75. The molecule has 0 spiro atoms. The summed E-state index contributed by atoms with van der Waals surface area (Å²) in [6.45, 7) is 6.11. The third-order valence-electron chi connectivity index (χ3n) is 2.81. The fourth-order valence-electron chi connectivity index (χ4n) is 1.86. The number of furan rings is 1.